The highest BCUT2D eigenvalue weighted by molar-refractivity contribution is 4.69. The minimum absolute atomic E-state index is 0.356. The number of unbranched alkanes of at least 4 members (excludes halogenated alkanes) is 1. The lowest BCUT2D eigenvalue weighted by atomic mass is 9.80. The van der Waals surface area contributed by atoms with Crippen LogP contribution in [0.5, 0.6) is 0 Å². The van der Waals surface area contributed by atoms with Gasteiger partial charge in [-0.15, -0.1) is 0 Å². The van der Waals surface area contributed by atoms with E-state index in [1.54, 1.807) is 0 Å². The molecule has 0 aromatic heterocycles. The first kappa shape index (κ1) is 14.0. The van der Waals surface area contributed by atoms with Crippen LogP contribution in [0.2, 0.25) is 0 Å². The summed E-state index contributed by atoms with van der Waals surface area (Å²) < 4.78 is 0. The van der Waals surface area contributed by atoms with Crippen LogP contribution in [0.25, 0.3) is 0 Å². The van der Waals surface area contributed by atoms with E-state index < -0.39 is 0 Å². The molecule has 0 rings (SSSR count). The summed E-state index contributed by atoms with van der Waals surface area (Å²) in [6, 6.07) is 0. The molecule has 0 spiro atoms. The molecule has 0 unspecified atom stereocenters. The van der Waals surface area contributed by atoms with Crippen LogP contribution in [-0.4, -0.2) is 11.7 Å². The van der Waals surface area contributed by atoms with Gasteiger partial charge in [0, 0.05) is 6.61 Å². The lowest BCUT2D eigenvalue weighted by molar-refractivity contribution is 0.246. The Balaban J connectivity index is 3.77. The van der Waals surface area contributed by atoms with Gasteiger partial charge in [0.05, 0.1) is 0 Å². The van der Waals surface area contributed by atoms with Crippen molar-refractivity contribution in [2.45, 2.75) is 66.2 Å². The molecule has 1 heteroatoms. The normalized spacial score (nSPS) is 14.4. The van der Waals surface area contributed by atoms with Crippen molar-refractivity contribution >= 4 is 0 Å². The molecule has 1 nitrogen and oxygen atoms in total. The summed E-state index contributed by atoms with van der Waals surface area (Å²) in [5.74, 6) is 0.867. The molecule has 1 N–H and O–H groups in total. The molecule has 0 heterocycles. The van der Waals surface area contributed by atoms with Crippen molar-refractivity contribution in [3.63, 3.8) is 0 Å². The van der Waals surface area contributed by atoms with Crippen molar-refractivity contribution in [1.29, 1.82) is 0 Å². The molecule has 0 fully saturated rings. The molecular formula is C13H28O. The van der Waals surface area contributed by atoms with Gasteiger partial charge in [0.25, 0.3) is 0 Å². The van der Waals surface area contributed by atoms with Crippen molar-refractivity contribution in [1.82, 2.24) is 0 Å². The van der Waals surface area contributed by atoms with E-state index >= 15 is 0 Å². The average Bonchev–Trinajstić information content (AvgIpc) is 2.02. The Bertz CT molecular complexity index is 124. The number of aliphatic hydroxyl groups excluding tert-OH is 1. The van der Waals surface area contributed by atoms with E-state index in [0.29, 0.717) is 12.0 Å². The predicted octanol–water partition coefficient (Wildman–Crippen LogP) is 4.00. The zero-order valence-electron chi connectivity index (χ0n) is 10.5. The molecule has 86 valence electrons. The van der Waals surface area contributed by atoms with Crippen LogP contribution in [0.1, 0.15) is 66.2 Å². The zero-order valence-corrected chi connectivity index (χ0v) is 10.5. The second kappa shape index (κ2) is 7.28. The van der Waals surface area contributed by atoms with Gasteiger partial charge in [-0.25, -0.2) is 0 Å². The van der Waals surface area contributed by atoms with Gasteiger partial charge in [-0.3, -0.25) is 0 Å². The Morgan fingerprint density at radius 1 is 1.07 bits per heavy atom. The van der Waals surface area contributed by atoms with Crippen LogP contribution < -0.4 is 0 Å². The third-order valence-corrected chi connectivity index (χ3v) is 2.62. The lowest BCUT2D eigenvalue weighted by Gasteiger charge is -2.25. The van der Waals surface area contributed by atoms with Gasteiger partial charge in [-0.05, 0) is 24.2 Å². The fourth-order valence-corrected chi connectivity index (χ4v) is 2.17. The van der Waals surface area contributed by atoms with E-state index in [2.05, 4.69) is 27.7 Å². The van der Waals surface area contributed by atoms with Crippen LogP contribution in [0.4, 0.5) is 0 Å². The van der Waals surface area contributed by atoms with Crippen molar-refractivity contribution < 1.29 is 5.11 Å². The van der Waals surface area contributed by atoms with E-state index in [1.165, 1.54) is 32.1 Å². The standard InChI is InChI=1S/C13H28O/c1-5-8-12(9-6-7-10-14)11-13(2,3)4/h12,14H,5-11H2,1-4H3/t12-/m1/s1. The van der Waals surface area contributed by atoms with Crippen molar-refractivity contribution in [2.24, 2.45) is 11.3 Å². The van der Waals surface area contributed by atoms with E-state index in [1.807, 2.05) is 0 Å². The number of hydrogen-bond acceptors (Lipinski definition) is 1. The van der Waals surface area contributed by atoms with Gasteiger partial charge in [0.2, 0.25) is 0 Å². The van der Waals surface area contributed by atoms with Gasteiger partial charge in [-0.2, -0.15) is 0 Å². The summed E-state index contributed by atoms with van der Waals surface area (Å²) in [4.78, 5) is 0. The third kappa shape index (κ3) is 8.55. The van der Waals surface area contributed by atoms with Gasteiger partial charge in [-0.1, -0.05) is 53.4 Å². The Kier molecular flexibility index (Phi) is 7.26. The Morgan fingerprint density at radius 3 is 2.14 bits per heavy atom. The van der Waals surface area contributed by atoms with Crippen molar-refractivity contribution in [3.05, 3.63) is 0 Å². The first-order chi connectivity index (χ1) is 6.49. The van der Waals surface area contributed by atoms with Gasteiger partial charge >= 0.3 is 0 Å². The molecule has 14 heavy (non-hydrogen) atoms. The quantitative estimate of drug-likeness (QED) is 0.616. The summed E-state index contributed by atoms with van der Waals surface area (Å²) in [6.07, 6.45) is 7.43. The van der Waals surface area contributed by atoms with Crippen LogP contribution >= 0.6 is 0 Å². The number of hydrogen-bond donors (Lipinski definition) is 1. The SMILES string of the molecule is CCC[C@H](CCCCO)CC(C)(C)C. The van der Waals surface area contributed by atoms with E-state index in [-0.39, 0.29) is 0 Å². The Hall–Kier alpha value is -0.0400. The number of rotatable bonds is 7. The Morgan fingerprint density at radius 2 is 1.71 bits per heavy atom. The van der Waals surface area contributed by atoms with E-state index in [0.717, 1.165) is 12.3 Å². The Labute approximate surface area is 89.9 Å². The maximum absolute atomic E-state index is 8.74. The molecule has 0 aliphatic rings. The molecule has 0 radical (unpaired) electrons. The summed E-state index contributed by atoms with van der Waals surface area (Å²) in [6.45, 7) is 9.58. The minimum atomic E-state index is 0.356. The van der Waals surface area contributed by atoms with E-state index in [4.69, 9.17) is 5.11 Å². The first-order valence-corrected chi connectivity index (χ1v) is 6.10. The van der Waals surface area contributed by atoms with Gasteiger partial charge in [0.1, 0.15) is 0 Å². The van der Waals surface area contributed by atoms with Crippen LogP contribution in [0.15, 0.2) is 0 Å². The molecule has 0 aromatic rings. The summed E-state index contributed by atoms with van der Waals surface area (Å²) >= 11 is 0. The molecule has 0 bridgehead atoms. The molecule has 0 aliphatic carbocycles. The second-order valence-corrected chi connectivity index (χ2v) is 5.64. The topological polar surface area (TPSA) is 20.2 Å². The van der Waals surface area contributed by atoms with Gasteiger partial charge in [0.15, 0.2) is 0 Å². The smallest absolute Gasteiger partial charge is 0.0431 e. The maximum atomic E-state index is 8.74. The van der Waals surface area contributed by atoms with Crippen LogP contribution in [0, 0.1) is 11.3 Å². The van der Waals surface area contributed by atoms with Crippen molar-refractivity contribution in [2.75, 3.05) is 6.61 Å². The molecule has 0 saturated heterocycles. The van der Waals surface area contributed by atoms with E-state index in [9.17, 15) is 0 Å². The van der Waals surface area contributed by atoms with Crippen LogP contribution in [-0.2, 0) is 0 Å². The third-order valence-electron chi connectivity index (χ3n) is 2.62. The van der Waals surface area contributed by atoms with Gasteiger partial charge < -0.3 is 5.11 Å². The predicted molar refractivity (Wildman–Crippen MR) is 63.4 cm³/mol. The molecule has 0 aliphatic heterocycles. The fourth-order valence-electron chi connectivity index (χ4n) is 2.17. The maximum Gasteiger partial charge on any atom is 0.0431 e. The minimum Gasteiger partial charge on any atom is -0.396 e. The molecule has 0 amide bonds. The zero-order chi connectivity index (χ0) is 11.0. The average molecular weight is 200 g/mol. The largest absolute Gasteiger partial charge is 0.396 e. The molecule has 0 aromatic carbocycles. The highest BCUT2D eigenvalue weighted by Gasteiger charge is 2.17. The van der Waals surface area contributed by atoms with Crippen LogP contribution in [0.3, 0.4) is 0 Å². The lowest BCUT2D eigenvalue weighted by Crippen LogP contribution is -2.13. The highest BCUT2D eigenvalue weighted by Crippen LogP contribution is 2.30. The highest BCUT2D eigenvalue weighted by atomic mass is 16.2. The summed E-state index contributed by atoms with van der Waals surface area (Å²) in [5.41, 5.74) is 0.457. The first-order valence-electron chi connectivity index (χ1n) is 6.10. The monoisotopic (exact) mass is 200 g/mol. The molecular weight excluding hydrogens is 172 g/mol. The second-order valence-electron chi connectivity index (χ2n) is 5.64. The summed E-state index contributed by atoms with van der Waals surface area (Å²) in [5, 5.41) is 8.74. The number of aliphatic hydroxyl groups is 1. The molecule has 0 saturated carbocycles. The molecule has 1 atom stereocenters. The van der Waals surface area contributed by atoms with Crippen molar-refractivity contribution in [3.8, 4) is 0 Å². The summed E-state index contributed by atoms with van der Waals surface area (Å²) in [7, 11) is 0. The fraction of sp³-hybridized carbons (Fsp3) is 1.00.